The van der Waals surface area contributed by atoms with Gasteiger partial charge in [0, 0.05) is 41.8 Å². The molecule has 24 heavy (non-hydrogen) atoms. The lowest BCUT2D eigenvalue weighted by Gasteiger charge is -2.38. The highest BCUT2D eigenvalue weighted by Crippen LogP contribution is 2.40. The molecule has 3 heterocycles. The Morgan fingerprint density at radius 3 is 2.50 bits per heavy atom. The van der Waals surface area contributed by atoms with Crippen LogP contribution in [0.2, 0.25) is 0 Å². The first kappa shape index (κ1) is 15.8. The van der Waals surface area contributed by atoms with Gasteiger partial charge in [0.25, 0.3) is 5.91 Å². The van der Waals surface area contributed by atoms with Crippen LogP contribution in [0.4, 0.5) is 0 Å². The molecule has 2 aliphatic heterocycles. The van der Waals surface area contributed by atoms with Gasteiger partial charge in [-0.1, -0.05) is 12.1 Å². The van der Waals surface area contributed by atoms with E-state index in [1.165, 1.54) is 18.4 Å². The van der Waals surface area contributed by atoms with E-state index in [0.29, 0.717) is 12.1 Å². The van der Waals surface area contributed by atoms with Crippen LogP contribution in [-0.4, -0.2) is 43.9 Å². The largest absolute Gasteiger partial charge is 0.333 e. The van der Waals surface area contributed by atoms with Gasteiger partial charge in [-0.2, -0.15) is 11.8 Å². The lowest BCUT2D eigenvalue weighted by atomic mass is 10.0. The molecule has 2 unspecified atom stereocenters. The van der Waals surface area contributed by atoms with Crippen molar-refractivity contribution in [2.24, 2.45) is 0 Å². The SMILES string of the molecule is CSC1CC2CCC(C1)N2C(=O)c1ccc(Cn2ccnc2)cc1. The number of benzene rings is 1. The van der Waals surface area contributed by atoms with Gasteiger partial charge in [0.05, 0.1) is 6.33 Å². The molecule has 1 aromatic carbocycles. The first-order valence-electron chi connectivity index (χ1n) is 8.64. The smallest absolute Gasteiger partial charge is 0.254 e. The van der Waals surface area contributed by atoms with Crippen molar-refractivity contribution >= 4 is 17.7 Å². The van der Waals surface area contributed by atoms with Gasteiger partial charge in [-0.25, -0.2) is 4.98 Å². The van der Waals surface area contributed by atoms with E-state index in [4.69, 9.17) is 0 Å². The second-order valence-corrected chi connectivity index (χ2v) is 8.00. The zero-order valence-corrected chi connectivity index (χ0v) is 14.8. The van der Waals surface area contributed by atoms with Gasteiger partial charge >= 0.3 is 0 Å². The fourth-order valence-corrected chi connectivity index (χ4v) is 4.97. The molecule has 126 valence electrons. The van der Waals surface area contributed by atoms with E-state index >= 15 is 0 Å². The van der Waals surface area contributed by atoms with Crippen molar-refractivity contribution in [3.05, 3.63) is 54.1 Å². The van der Waals surface area contributed by atoms with Crippen LogP contribution in [-0.2, 0) is 6.54 Å². The van der Waals surface area contributed by atoms with Crippen molar-refractivity contribution in [3.8, 4) is 0 Å². The second-order valence-electron chi connectivity index (χ2n) is 6.86. The summed E-state index contributed by atoms with van der Waals surface area (Å²) in [5, 5.41) is 0.726. The average Bonchev–Trinajstić information content (AvgIpc) is 3.20. The van der Waals surface area contributed by atoms with Gasteiger partial charge in [-0.3, -0.25) is 4.79 Å². The van der Waals surface area contributed by atoms with Gasteiger partial charge in [-0.05, 0) is 49.6 Å². The zero-order valence-electron chi connectivity index (χ0n) is 14.0. The fraction of sp³-hybridized carbons (Fsp3) is 0.474. The van der Waals surface area contributed by atoms with Gasteiger partial charge in [0.15, 0.2) is 0 Å². The van der Waals surface area contributed by atoms with Crippen LogP contribution < -0.4 is 0 Å². The van der Waals surface area contributed by atoms with Gasteiger partial charge in [0.2, 0.25) is 0 Å². The van der Waals surface area contributed by atoms with Crippen molar-refractivity contribution in [2.45, 2.75) is 49.6 Å². The van der Waals surface area contributed by atoms with E-state index in [2.05, 4.69) is 28.3 Å². The van der Waals surface area contributed by atoms with Crippen molar-refractivity contribution in [1.29, 1.82) is 0 Å². The molecular weight excluding hydrogens is 318 g/mol. The number of amides is 1. The lowest BCUT2D eigenvalue weighted by Crippen LogP contribution is -2.47. The van der Waals surface area contributed by atoms with Crippen LogP contribution in [0.3, 0.4) is 0 Å². The third-order valence-electron chi connectivity index (χ3n) is 5.38. The minimum Gasteiger partial charge on any atom is -0.333 e. The predicted molar refractivity (Wildman–Crippen MR) is 97.3 cm³/mol. The minimum atomic E-state index is 0.219. The number of hydrogen-bond donors (Lipinski definition) is 0. The summed E-state index contributed by atoms with van der Waals surface area (Å²) in [7, 11) is 0. The molecule has 2 fully saturated rings. The lowest BCUT2D eigenvalue weighted by molar-refractivity contribution is 0.0601. The third kappa shape index (κ3) is 2.97. The Kier molecular flexibility index (Phi) is 4.35. The highest BCUT2D eigenvalue weighted by Gasteiger charge is 2.43. The molecule has 1 aromatic heterocycles. The number of carbonyl (C=O) groups excluding carboxylic acids is 1. The number of carbonyl (C=O) groups is 1. The number of rotatable bonds is 4. The van der Waals surface area contributed by atoms with E-state index in [1.54, 1.807) is 6.20 Å². The summed E-state index contributed by atoms with van der Waals surface area (Å²) < 4.78 is 2.03. The summed E-state index contributed by atoms with van der Waals surface area (Å²) in [5.41, 5.74) is 2.01. The Morgan fingerprint density at radius 2 is 1.92 bits per heavy atom. The van der Waals surface area contributed by atoms with Crippen LogP contribution >= 0.6 is 11.8 Å². The molecule has 5 heteroatoms. The average molecular weight is 341 g/mol. The summed E-state index contributed by atoms with van der Waals surface area (Å²) >= 11 is 1.96. The van der Waals surface area contributed by atoms with Crippen LogP contribution in [0.1, 0.15) is 41.6 Å². The summed E-state index contributed by atoms with van der Waals surface area (Å²) in [5.74, 6) is 0.219. The van der Waals surface area contributed by atoms with Crippen LogP contribution in [0, 0.1) is 0 Å². The number of hydrogen-bond acceptors (Lipinski definition) is 3. The Bertz CT molecular complexity index is 684. The topological polar surface area (TPSA) is 38.1 Å². The Morgan fingerprint density at radius 1 is 1.21 bits per heavy atom. The summed E-state index contributed by atoms with van der Waals surface area (Å²) in [6.45, 7) is 0.791. The molecule has 0 aliphatic carbocycles. The zero-order chi connectivity index (χ0) is 16.5. The highest BCUT2D eigenvalue weighted by atomic mass is 32.2. The van der Waals surface area contributed by atoms with E-state index < -0.39 is 0 Å². The molecule has 1 amide bonds. The summed E-state index contributed by atoms with van der Waals surface area (Å²) in [6.07, 6.45) is 12.4. The molecule has 4 nitrogen and oxygen atoms in total. The number of fused-ring (bicyclic) bond motifs is 2. The maximum atomic E-state index is 13.0. The molecular formula is C19H23N3OS. The standard InChI is InChI=1S/C19H23N3OS/c1-24-18-10-16-6-7-17(11-18)22(16)19(23)15-4-2-14(3-5-15)12-21-9-8-20-13-21/h2-5,8-9,13,16-18H,6-7,10-12H2,1H3. The van der Waals surface area contributed by atoms with Crippen molar-refractivity contribution < 1.29 is 4.79 Å². The number of aromatic nitrogens is 2. The molecule has 2 atom stereocenters. The minimum absolute atomic E-state index is 0.219. The molecule has 0 radical (unpaired) electrons. The number of nitrogens with zero attached hydrogens (tertiary/aromatic N) is 3. The van der Waals surface area contributed by atoms with Gasteiger partial charge in [-0.15, -0.1) is 0 Å². The summed E-state index contributed by atoms with van der Waals surface area (Å²) in [4.78, 5) is 19.2. The summed E-state index contributed by atoms with van der Waals surface area (Å²) in [6, 6.07) is 8.97. The molecule has 0 spiro atoms. The number of thioether (sulfide) groups is 1. The van der Waals surface area contributed by atoms with E-state index in [-0.39, 0.29) is 5.91 Å². The maximum absolute atomic E-state index is 13.0. The Hall–Kier alpha value is -1.75. The van der Waals surface area contributed by atoms with E-state index in [9.17, 15) is 4.79 Å². The quantitative estimate of drug-likeness (QED) is 0.855. The van der Waals surface area contributed by atoms with Crippen molar-refractivity contribution in [2.75, 3.05) is 6.26 Å². The van der Waals surface area contributed by atoms with E-state index in [1.807, 2.05) is 41.0 Å². The maximum Gasteiger partial charge on any atom is 0.254 e. The fourth-order valence-electron chi connectivity index (χ4n) is 4.14. The number of piperidine rings is 1. The number of imidazole rings is 1. The first-order valence-corrected chi connectivity index (χ1v) is 9.93. The normalized spacial score (nSPS) is 25.9. The molecule has 2 aliphatic rings. The molecule has 4 rings (SSSR count). The molecule has 0 saturated carbocycles. The van der Waals surface area contributed by atoms with Gasteiger partial charge < -0.3 is 9.47 Å². The molecule has 2 bridgehead atoms. The molecule has 2 saturated heterocycles. The first-order chi connectivity index (χ1) is 11.7. The molecule has 0 N–H and O–H groups in total. The monoisotopic (exact) mass is 341 g/mol. The highest BCUT2D eigenvalue weighted by molar-refractivity contribution is 7.99. The van der Waals surface area contributed by atoms with Crippen molar-refractivity contribution in [3.63, 3.8) is 0 Å². The van der Waals surface area contributed by atoms with Crippen LogP contribution in [0.5, 0.6) is 0 Å². The predicted octanol–water partition coefficient (Wildman–Crippen LogP) is 3.43. The van der Waals surface area contributed by atoms with Crippen molar-refractivity contribution in [1.82, 2.24) is 14.5 Å². The van der Waals surface area contributed by atoms with Crippen LogP contribution in [0.15, 0.2) is 43.0 Å². The van der Waals surface area contributed by atoms with Gasteiger partial charge in [0.1, 0.15) is 0 Å². The third-order valence-corrected chi connectivity index (χ3v) is 6.43. The Balaban J connectivity index is 1.47. The second kappa shape index (κ2) is 6.63. The Labute approximate surface area is 147 Å². The molecule has 2 aromatic rings. The van der Waals surface area contributed by atoms with Crippen LogP contribution in [0.25, 0.3) is 0 Å². The van der Waals surface area contributed by atoms with E-state index in [0.717, 1.165) is 30.2 Å².